The summed E-state index contributed by atoms with van der Waals surface area (Å²) in [5.41, 5.74) is 0. The van der Waals surface area contributed by atoms with Crippen molar-refractivity contribution in [3.63, 3.8) is 0 Å². The largest absolute Gasteiger partial charge is 0.383 e. The molecule has 0 saturated carbocycles. The van der Waals surface area contributed by atoms with Crippen molar-refractivity contribution in [2.24, 2.45) is 0 Å². The van der Waals surface area contributed by atoms with Crippen LogP contribution in [0.2, 0.25) is 0 Å². The number of fused-ring (bicyclic) bond motifs is 2. The smallest absolute Gasteiger partial charge is 0.0587 e. The monoisotopic (exact) mass is 212 g/mol. The Hall–Kier alpha value is -0.120. The zero-order chi connectivity index (χ0) is 10.8. The third-order valence-electron chi connectivity index (χ3n) is 3.90. The first kappa shape index (κ1) is 11.4. The average molecular weight is 212 g/mol. The summed E-state index contributed by atoms with van der Waals surface area (Å²) in [6.45, 7) is 6.47. The van der Waals surface area contributed by atoms with E-state index in [-0.39, 0.29) is 0 Å². The summed E-state index contributed by atoms with van der Waals surface area (Å²) in [5, 5.41) is 3.63. The van der Waals surface area contributed by atoms with Gasteiger partial charge in [0.05, 0.1) is 6.61 Å². The van der Waals surface area contributed by atoms with Gasteiger partial charge in [0, 0.05) is 37.8 Å². The van der Waals surface area contributed by atoms with Gasteiger partial charge in [0.1, 0.15) is 0 Å². The van der Waals surface area contributed by atoms with Gasteiger partial charge >= 0.3 is 0 Å². The third kappa shape index (κ3) is 2.19. The Morgan fingerprint density at radius 2 is 2.20 bits per heavy atom. The topological polar surface area (TPSA) is 24.5 Å². The maximum atomic E-state index is 5.08. The van der Waals surface area contributed by atoms with Gasteiger partial charge in [-0.15, -0.1) is 0 Å². The number of nitrogens with one attached hydrogen (secondary N) is 1. The molecule has 2 rings (SSSR count). The Morgan fingerprint density at radius 1 is 1.40 bits per heavy atom. The number of ether oxygens (including phenoxy) is 1. The van der Waals surface area contributed by atoms with E-state index in [1.807, 2.05) is 0 Å². The highest BCUT2D eigenvalue weighted by atomic mass is 16.5. The van der Waals surface area contributed by atoms with Gasteiger partial charge in [-0.2, -0.15) is 0 Å². The van der Waals surface area contributed by atoms with Crippen LogP contribution < -0.4 is 5.32 Å². The molecule has 2 saturated heterocycles. The summed E-state index contributed by atoms with van der Waals surface area (Å²) in [6, 6.07) is 3.04. The van der Waals surface area contributed by atoms with Crippen molar-refractivity contribution in [2.75, 3.05) is 20.3 Å². The second kappa shape index (κ2) is 4.81. The molecule has 2 aliphatic heterocycles. The molecule has 3 unspecified atom stereocenters. The van der Waals surface area contributed by atoms with Gasteiger partial charge in [0.15, 0.2) is 0 Å². The van der Waals surface area contributed by atoms with Gasteiger partial charge in [-0.1, -0.05) is 0 Å². The average Bonchev–Trinajstić information content (AvgIpc) is 2.74. The molecule has 0 aromatic rings. The zero-order valence-electron chi connectivity index (χ0n) is 10.2. The Bertz CT molecular complexity index is 208. The van der Waals surface area contributed by atoms with Crippen molar-refractivity contribution in [3.05, 3.63) is 0 Å². The summed E-state index contributed by atoms with van der Waals surface area (Å²) in [4.78, 5) is 2.71. The van der Waals surface area contributed by atoms with Crippen molar-refractivity contribution in [1.82, 2.24) is 10.2 Å². The SMILES string of the molecule is COCCNC1CC2CCC1N2C(C)C. The Kier molecular flexibility index (Phi) is 3.65. The van der Waals surface area contributed by atoms with Crippen LogP contribution in [-0.4, -0.2) is 49.3 Å². The normalized spacial score (nSPS) is 35.6. The Balaban J connectivity index is 1.85. The van der Waals surface area contributed by atoms with Gasteiger partial charge in [0.25, 0.3) is 0 Å². The van der Waals surface area contributed by atoms with E-state index < -0.39 is 0 Å². The molecule has 2 bridgehead atoms. The lowest BCUT2D eigenvalue weighted by molar-refractivity contribution is 0.179. The number of nitrogens with zero attached hydrogens (tertiary/aromatic N) is 1. The van der Waals surface area contributed by atoms with Gasteiger partial charge < -0.3 is 10.1 Å². The number of methoxy groups -OCH3 is 1. The van der Waals surface area contributed by atoms with Crippen molar-refractivity contribution >= 4 is 0 Å². The number of hydrogen-bond acceptors (Lipinski definition) is 3. The fraction of sp³-hybridized carbons (Fsp3) is 1.00. The Morgan fingerprint density at radius 3 is 2.80 bits per heavy atom. The quantitative estimate of drug-likeness (QED) is 0.694. The molecule has 3 heteroatoms. The molecule has 0 aromatic carbocycles. The lowest BCUT2D eigenvalue weighted by Gasteiger charge is -2.28. The maximum Gasteiger partial charge on any atom is 0.0587 e. The molecular weight excluding hydrogens is 188 g/mol. The fourth-order valence-electron chi connectivity index (χ4n) is 3.40. The first-order valence-corrected chi connectivity index (χ1v) is 6.23. The summed E-state index contributed by atoms with van der Waals surface area (Å²) in [7, 11) is 1.77. The molecule has 3 nitrogen and oxygen atoms in total. The second-order valence-corrected chi connectivity index (χ2v) is 5.13. The van der Waals surface area contributed by atoms with Crippen LogP contribution in [0, 0.1) is 0 Å². The van der Waals surface area contributed by atoms with Crippen LogP contribution in [0.15, 0.2) is 0 Å². The van der Waals surface area contributed by atoms with Crippen molar-refractivity contribution in [1.29, 1.82) is 0 Å². The molecule has 2 aliphatic rings. The number of rotatable bonds is 5. The molecular formula is C12H24N2O. The van der Waals surface area contributed by atoms with Gasteiger partial charge in [-0.05, 0) is 33.1 Å². The minimum Gasteiger partial charge on any atom is -0.383 e. The minimum absolute atomic E-state index is 0.705. The molecule has 0 aliphatic carbocycles. The van der Waals surface area contributed by atoms with Crippen LogP contribution in [0.3, 0.4) is 0 Å². The van der Waals surface area contributed by atoms with E-state index in [2.05, 4.69) is 24.1 Å². The molecule has 0 aromatic heterocycles. The van der Waals surface area contributed by atoms with E-state index in [1.165, 1.54) is 19.3 Å². The molecule has 0 spiro atoms. The summed E-state index contributed by atoms with van der Waals surface area (Å²) in [5.74, 6) is 0. The molecule has 1 N–H and O–H groups in total. The van der Waals surface area contributed by atoms with Crippen molar-refractivity contribution in [2.45, 2.75) is 57.3 Å². The highest BCUT2D eigenvalue weighted by Crippen LogP contribution is 2.38. The number of hydrogen-bond donors (Lipinski definition) is 1. The highest BCUT2D eigenvalue weighted by Gasteiger charge is 2.46. The van der Waals surface area contributed by atoms with Crippen LogP contribution in [0.4, 0.5) is 0 Å². The van der Waals surface area contributed by atoms with E-state index in [4.69, 9.17) is 4.74 Å². The third-order valence-corrected chi connectivity index (χ3v) is 3.90. The summed E-state index contributed by atoms with van der Waals surface area (Å²) in [6.07, 6.45) is 4.13. The maximum absolute atomic E-state index is 5.08. The van der Waals surface area contributed by atoms with Crippen LogP contribution >= 0.6 is 0 Å². The van der Waals surface area contributed by atoms with Crippen molar-refractivity contribution < 1.29 is 4.74 Å². The minimum atomic E-state index is 0.705. The van der Waals surface area contributed by atoms with E-state index in [0.717, 1.165) is 25.2 Å². The molecule has 15 heavy (non-hydrogen) atoms. The zero-order valence-corrected chi connectivity index (χ0v) is 10.2. The highest BCUT2D eigenvalue weighted by molar-refractivity contribution is 5.04. The molecule has 88 valence electrons. The van der Waals surface area contributed by atoms with E-state index >= 15 is 0 Å². The molecule has 0 amide bonds. The first-order valence-electron chi connectivity index (χ1n) is 6.23. The van der Waals surface area contributed by atoms with Crippen LogP contribution in [0.25, 0.3) is 0 Å². The van der Waals surface area contributed by atoms with Crippen LogP contribution in [0.5, 0.6) is 0 Å². The van der Waals surface area contributed by atoms with E-state index in [9.17, 15) is 0 Å². The van der Waals surface area contributed by atoms with Gasteiger partial charge in [-0.3, -0.25) is 4.90 Å². The Labute approximate surface area is 93.2 Å². The fourth-order valence-corrected chi connectivity index (χ4v) is 3.40. The van der Waals surface area contributed by atoms with Gasteiger partial charge in [-0.25, -0.2) is 0 Å². The lowest BCUT2D eigenvalue weighted by Crippen LogP contribution is -2.44. The van der Waals surface area contributed by atoms with E-state index in [0.29, 0.717) is 12.1 Å². The molecule has 3 atom stereocenters. The lowest BCUT2D eigenvalue weighted by atomic mass is 9.95. The standard InChI is InChI=1S/C12H24N2O/c1-9(2)14-10-4-5-12(14)11(8-10)13-6-7-15-3/h9-13H,4-8H2,1-3H3. The van der Waals surface area contributed by atoms with E-state index in [1.54, 1.807) is 7.11 Å². The van der Waals surface area contributed by atoms with Crippen molar-refractivity contribution in [3.8, 4) is 0 Å². The predicted octanol–water partition coefficient (Wildman–Crippen LogP) is 1.24. The second-order valence-electron chi connectivity index (χ2n) is 5.13. The van der Waals surface area contributed by atoms with Gasteiger partial charge in [0.2, 0.25) is 0 Å². The van der Waals surface area contributed by atoms with Crippen LogP contribution in [0.1, 0.15) is 33.1 Å². The first-order chi connectivity index (χ1) is 7.24. The molecule has 0 radical (unpaired) electrons. The molecule has 2 fully saturated rings. The van der Waals surface area contributed by atoms with Crippen LogP contribution in [-0.2, 0) is 4.74 Å². The summed E-state index contributed by atoms with van der Waals surface area (Å²) < 4.78 is 5.08. The molecule has 2 heterocycles. The predicted molar refractivity (Wildman–Crippen MR) is 62.1 cm³/mol. The summed E-state index contributed by atoms with van der Waals surface area (Å²) >= 11 is 0.